The van der Waals surface area contributed by atoms with Crippen LogP contribution in [0.2, 0.25) is 0 Å². The minimum Gasteiger partial charge on any atom is -0.447 e. The zero-order chi connectivity index (χ0) is 8.34. The maximum Gasteiger partial charge on any atom is 0.404 e. The number of hydrogen-bond donors (Lipinski definition) is 0. The largest absolute Gasteiger partial charge is 0.447 e. The Morgan fingerprint density at radius 2 is 2.50 bits per heavy atom. The molecule has 0 aromatic carbocycles. The SMILES string of the molecule is O=C(Cl)OC1CN2CCC3CC312. The minimum atomic E-state index is -0.647. The van der Waals surface area contributed by atoms with Gasteiger partial charge in [0.2, 0.25) is 0 Å². The Labute approximate surface area is 75.6 Å². The van der Waals surface area contributed by atoms with Crippen LogP contribution in [0.25, 0.3) is 0 Å². The summed E-state index contributed by atoms with van der Waals surface area (Å²) in [5, 5.41) is 0. The van der Waals surface area contributed by atoms with Crippen molar-refractivity contribution >= 4 is 17.0 Å². The van der Waals surface area contributed by atoms with E-state index in [0.29, 0.717) is 0 Å². The molecule has 3 nitrogen and oxygen atoms in total. The molecule has 2 heterocycles. The van der Waals surface area contributed by atoms with Crippen molar-refractivity contribution in [3.05, 3.63) is 0 Å². The minimum absolute atomic E-state index is 0.0926. The zero-order valence-corrected chi connectivity index (χ0v) is 7.38. The molecule has 2 saturated heterocycles. The Bertz CT molecular complexity index is 257. The van der Waals surface area contributed by atoms with Crippen LogP contribution in [-0.4, -0.2) is 35.1 Å². The van der Waals surface area contributed by atoms with Gasteiger partial charge in [-0.25, -0.2) is 4.79 Å². The number of carbonyl (C=O) groups is 1. The molecule has 3 unspecified atom stereocenters. The van der Waals surface area contributed by atoms with E-state index in [1.54, 1.807) is 0 Å². The van der Waals surface area contributed by atoms with Crippen molar-refractivity contribution in [1.29, 1.82) is 0 Å². The Kier molecular flexibility index (Phi) is 1.17. The van der Waals surface area contributed by atoms with Gasteiger partial charge in [0.25, 0.3) is 0 Å². The van der Waals surface area contributed by atoms with Crippen LogP contribution in [0.3, 0.4) is 0 Å². The number of nitrogens with zero attached hydrogens (tertiary/aromatic N) is 1. The van der Waals surface area contributed by atoms with Gasteiger partial charge in [-0.05, 0) is 25.3 Å². The molecule has 0 radical (unpaired) electrons. The highest BCUT2D eigenvalue weighted by Crippen LogP contribution is 2.63. The normalized spacial score (nSPS) is 49.1. The lowest BCUT2D eigenvalue weighted by Crippen LogP contribution is -2.62. The maximum atomic E-state index is 10.5. The molecule has 1 spiro atoms. The lowest BCUT2D eigenvalue weighted by atomic mass is 9.97. The van der Waals surface area contributed by atoms with E-state index < -0.39 is 5.43 Å². The van der Waals surface area contributed by atoms with Gasteiger partial charge >= 0.3 is 5.43 Å². The van der Waals surface area contributed by atoms with Gasteiger partial charge in [0, 0.05) is 18.1 Å². The standard InChI is InChI=1S/C8H10ClNO2/c9-7(11)12-6-4-10-2-1-5-3-8(5,6)10/h5-6H,1-4H2. The van der Waals surface area contributed by atoms with Gasteiger partial charge in [-0.15, -0.1) is 0 Å². The first-order valence-electron chi connectivity index (χ1n) is 4.34. The molecule has 3 atom stereocenters. The van der Waals surface area contributed by atoms with Crippen LogP contribution in [0, 0.1) is 5.92 Å². The second-order valence-corrected chi connectivity index (χ2v) is 4.28. The summed E-state index contributed by atoms with van der Waals surface area (Å²) in [7, 11) is 0. The third-order valence-corrected chi connectivity index (χ3v) is 3.72. The summed E-state index contributed by atoms with van der Waals surface area (Å²) in [4.78, 5) is 12.9. The number of halogens is 1. The molecule has 0 amide bonds. The summed E-state index contributed by atoms with van der Waals surface area (Å²) < 4.78 is 5.03. The Hall–Kier alpha value is -0.280. The number of hydrogen-bond acceptors (Lipinski definition) is 3. The molecule has 1 aliphatic carbocycles. The summed E-state index contributed by atoms with van der Waals surface area (Å²) in [6, 6.07) is 0. The second kappa shape index (κ2) is 1.96. The van der Waals surface area contributed by atoms with Crippen LogP contribution < -0.4 is 0 Å². The maximum absolute atomic E-state index is 10.5. The number of carbonyl (C=O) groups excluding carboxylic acids is 1. The van der Waals surface area contributed by atoms with Gasteiger partial charge in [0.05, 0.1) is 5.54 Å². The van der Waals surface area contributed by atoms with E-state index in [1.807, 2.05) is 0 Å². The smallest absolute Gasteiger partial charge is 0.404 e. The highest BCUT2D eigenvalue weighted by Gasteiger charge is 2.73. The molecule has 3 fully saturated rings. The van der Waals surface area contributed by atoms with Crippen molar-refractivity contribution in [1.82, 2.24) is 4.90 Å². The lowest BCUT2D eigenvalue weighted by Gasteiger charge is -2.45. The van der Waals surface area contributed by atoms with E-state index in [1.165, 1.54) is 19.4 Å². The average Bonchev–Trinajstić information content (AvgIpc) is 2.67. The Morgan fingerprint density at radius 1 is 1.67 bits per heavy atom. The Morgan fingerprint density at radius 3 is 3.08 bits per heavy atom. The topological polar surface area (TPSA) is 29.5 Å². The fourth-order valence-corrected chi connectivity index (χ4v) is 3.06. The van der Waals surface area contributed by atoms with E-state index in [0.717, 1.165) is 12.5 Å². The number of rotatable bonds is 1. The molecule has 1 saturated carbocycles. The molecule has 0 N–H and O–H groups in total. The van der Waals surface area contributed by atoms with Crippen LogP contribution in [0.1, 0.15) is 12.8 Å². The monoisotopic (exact) mass is 187 g/mol. The molecule has 12 heavy (non-hydrogen) atoms. The molecule has 66 valence electrons. The van der Waals surface area contributed by atoms with Gasteiger partial charge in [0.1, 0.15) is 6.10 Å². The zero-order valence-electron chi connectivity index (χ0n) is 6.62. The van der Waals surface area contributed by atoms with Crippen LogP contribution >= 0.6 is 11.6 Å². The predicted octanol–water partition coefficient (Wildman–Crippen LogP) is 1.21. The summed E-state index contributed by atoms with van der Waals surface area (Å²) in [6.45, 7) is 2.08. The quantitative estimate of drug-likeness (QED) is 0.578. The molecule has 2 aliphatic heterocycles. The van der Waals surface area contributed by atoms with Gasteiger partial charge in [-0.1, -0.05) is 0 Å². The third-order valence-electron chi connectivity index (χ3n) is 3.64. The highest BCUT2D eigenvalue weighted by atomic mass is 35.5. The molecule has 0 aromatic rings. The second-order valence-electron chi connectivity index (χ2n) is 3.97. The molecule has 4 heteroatoms. The lowest BCUT2D eigenvalue weighted by molar-refractivity contribution is -0.0651. The van der Waals surface area contributed by atoms with E-state index in [-0.39, 0.29) is 11.6 Å². The molecular formula is C8H10ClNO2. The average molecular weight is 188 g/mol. The highest BCUT2D eigenvalue weighted by molar-refractivity contribution is 6.61. The third kappa shape index (κ3) is 0.650. The van der Waals surface area contributed by atoms with E-state index in [2.05, 4.69) is 4.90 Å². The van der Waals surface area contributed by atoms with Crippen molar-refractivity contribution in [2.45, 2.75) is 24.5 Å². The fourth-order valence-electron chi connectivity index (χ4n) is 2.95. The molecule has 0 aromatic heterocycles. The predicted molar refractivity (Wildman–Crippen MR) is 43.2 cm³/mol. The van der Waals surface area contributed by atoms with Crippen LogP contribution in [0.4, 0.5) is 4.79 Å². The molecule has 3 aliphatic rings. The first-order chi connectivity index (χ1) is 5.73. The van der Waals surface area contributed by atoms with E-state index >= 15 is 0 Å². The summed E-state index contributed by atoms with van der Waals surface area (Å²) in [5.41, 5.74) is -0.392. The van der Waals surface area contributed by atoms with Crippen molar-refractivity contribution in [2.24, 2.45) is 5.92 Å². The van der Waals surface area contributed by atoms with Crippen LogP contribution in [-0.2, 0) is 4.74 Å². The van der Waals surface area contributed by atoms with Crippen LogP contribution in [0.15, 0.2) is 0 Å². The van der Waals surface area contributed by atoms with Crippen molar-refractivity contribution in [3.63, 3.8) is 0 Å². The first kappa shape index (κ1) is 7.15. The van der Waals surface area contributed by atoms with E-state index in [9.17, 15) is 4.79 Å². The number of piperidine rings is 1. The van der Waals surface area contributed by atoms with Gasteiger partial charge in [-0.3, -0.25) is 4.90 Å². The number of ether oxygens (including phenoxy) is 1. The summed E-state index contributed by atoms with van der Waals surface area (Å²) >= 11 is 5.18. The van der Waals surface area contributed by atoms with Crippen molar-refractivity contribution < 1.29 is 9.53 Å². The fraction of sp³-hybridized carbons (Fsp3) is 0.875. The van der Waals surface area contributed by atoms with Gasteiger partial charge < -0.3 is 4.74 Å². The molecular weight excluding hydrogens is 178 g/mol. The van der Waals surface area contributed by atoms with Crippen molar-refractivity contribution in [2.75, 3.05) is 13.1 Å². The summed E-state index contributed by atoms with van der Waals surface area (Å²) in [6.07, 6.45) is 2.58. The Balaban J connectivity index is 1.74. The van der Waals surface area contributed by atoms with Gasteiger partial charge in [-0.2, -0.15) is 0 Å². The van der Waals surface area contributed by atoms with Crippen LogP contribution in [0.5, 0.6) is 0 Å². The summed E-state index contributed by atoms with van der Waals surface area (Å²) in [5.74, 6) is 0.785. The van der Waals surface area contributed by atoms with E-state index in [4.69, 9.17) is 16.3 Å². The molecule has 0 bridgehead atoms. The molecule has 3 rings (SSSR count). The first-order valence-corrected chi connectivity index (χ1v) is 4.72. The van der Waals surface area contributed by atoms with Crippen molar-refractivity contribution in [3.8, 4) is 0 Å². The van der Waals surface area contributed by atoms with Gasteiger partial charge in [0.15, 0.2) is 0 Å².